The third-order valence-electron chi connectivity index (χ3n) is 2.91. The standard InChI is InChI=1S/C14H12N4/c15-14(16)18-17-12-8-7-10-4-1-3-9-5-2-6-11(12)13(9)10/h1-8H,(H4,15,16,18). The first-order valence-corrected chi connectivity index (χ1v) is 5.62. The highest BCUT2D eigenvalue weighted by Crippen LogP contribution is 2.28. The predicted molar refractivity (Wildman–Crippen MR) is 75.3 cm³/mol. The lowest BCUT2D eigenvalue weighted by molar-refractivity contribution is 1.20. The highest BCUT2D eigenvalue weighted by atomic mass is 15.3. The van der Waals surface area contributed by atoms with Crippen LogP contribution in [0.3, 0.4) is 0 Å². The number of hydrogen-bond donors (Lipinski definition) is 2. The Hall–Kier alpha value is -2.62. The number of rotatable bonds is 1. The van der Waals surface area contributed by atoms with Gasteiger partial charge >= 0.3 is 0 Å². The van der Waals surface area contributed by atoms with Gasteiger partial charge in [-0.2, -0.15) is 0 Å². The summed E-state index contributed by atoms with van der Waals surface area (Å²) in [6, 6.07) is 12.3. The van der Waals surface area contributed by atoms with Crippen molar-refractivity contribution in [2.75, 3.05) is 0 Å². The minimum Gasteiger partial charge on any atom is -0.369 e. The quantitative estimate of drug-likeness (QED) is 0.450. The van der Waals surface area contributed by atoms with Gasteiger partial charge in [0.2, 0.25) is 5.96 Å². The second-order valence-electron chi connectivity index (χ2n) is 4.09. The summed E-state index contributed by atoms with van der Waals surface area (Å²) in [5, 5.41) is 10.2. The van der Waals surface area contributed by atoms with E-state index < -0.39 is 0 Å². The van der Waals surface area contributed by atoms with Gasteiger partial charge in [0.25, 0.3) is 0 Å². The van der Waals surface area contributed by atoms with Crippen molar-refractivity contribution < 1.29 is 0 Å². The van der Waals surface area contributed by atoms with Gasteiger partial charge in [-0.3, -0.25) is 0 Å². The van der Waals surface area contributed by atoms with Crippen molar-refractivity contribution in [2.45, 2.75) is 0 Å². The van der Waals surface area contributed by atoms with E-state index in [1.165, 1.54) is 16.3 Å². The van der Waals surface area contributed by atoms with Gasteiger partial charge in [0.15, 0.2) is 0 Å². The Bertz CT molecular complexity index is 702. The second kappa shape index (κ2) is 4.00. The molecule has 4 heteroatoms. The fraction of sp³-hybridized carbons (Fsp3) is 0. The second-order valence-corrected chi connectivity index (χ2v) is 4.09. The summed E-state index contributed by atoms with van der Waals surface area (Å²) in [7, 11) is 0. The van der Waals surface area contributed by atoms with Crippen LogP contribution in [0, 0.1) is 0 Å². The maximum Gasteiger partial charge on any atom is 0.211 e. The Kier molecular flexibility index (Phi) is 2.34. The molecule has 0 saturated carbocycles. The topological polar surface area (TPSA) is 76.8 Å². The van der Waals surface area contributed by atoms with E-state index in [0.717, 1.165) is 11.3 Å². The van der Waals surface area contributed by atoms with Gasteiger partial charge in [-0.25, -0.2) is 0 Å². The van der Waals surface area contributed by atoms with Gasteiger partial charge < -0.3 is 11.5 Å². The number of hydrogen-bond acceptors (Lipinski definition) is 2. The van der Waals surface area contributed by atoms with Crippen molar-refractivity contribution in [3.05, 3.63) is 53.6 Å². The number of nitrogens with zero attached hydrogens (tertiary/aromatic N) is 2. The highest BCUT2D eigenvalue weighted by Gasteiger charge is 2.12. The van der Waals surface area contributed by atoms with E-state index in [9.17, 15) is 0 Å². The molecule has 0 spiro atoms. The Labute approximate surface area is 104 Å². The lowest BCUT2D eigenvalue weighted by Gasteiger charge is -2.13. The monoisotopic (exact) mass is 236 g/mol. The van der Waals surface area contributed by atoms with Crippen LogP contribution in [0.4, 0.5) is 0 Å². The molecule has 0 bridgehead atoms. The lowest BCUT2D eigenvalue weighted by Crippen LogP contribution is -2.22. The Morgan fingerprint density at radius 3 is 2.50 bits per heavy atom. The van der Waals surface area contributed by atoms with Gasteiger partial charge in [0.1, 0.15) is 0 Å². The van der Waals surface area contributed by atoms with Crippen molar-refractivity contribution in [3.8, 4) is 0 Å². The molecular weight excluding hydrogens is 224 g/mol. The molecule has 2 aromatic rings. The summed E-state index contributed by atoms with van der Waals surface area (Å²) in [4.78, 5) is 0. The molecule has 0 aromatic heterocycles. The molecule has 4 nitrogen and oxygen atoms in total. The molecule has 1 aliphatic carbocycles. The summed E-state index contributed by atoms with van der Waals surface area (Å²) < 4.78 is 0. The van der Waals surface area contributed by atoms with E-state index in [-0.39, 0.29) is 5.96 Å². The first-order valence-electron chi connectivity index (χ1n) is 5.62. The summed E-state index contributed by atoms with van der Waals surface area (Å²) in [6.07, 6.45) is 3.94. The average molecular weight is 236 g/mol. The van der Waals surface area contributed by atoms with Gasteiger partial charge in [-0.1, -0.05) is 42.5 Å². The summed E-state index contributed by atoms with van der Waals surface area (Å²) in [5.41, 5.74) is 13.6. The van der Waals surface area contributed by atoms with Gasteiger partial charge in [0.05, 0.1) is 5.71 Å². The average Bonchev–Trinajstić information content (AvgIpc) is 2.38. The van der Waals surface area contributed by atoms with Crippen molar-refractivity contribution in [1.82, 2.24) is 0 Å². The molecule has 18 heavy (non-hydrogen) atoms. The maximum absolute atomic E-state index is 5.30. The van der Waals surface area contributed by atoms with E-state index >= 15 is 0 Å². The summed E-state index contributed by atoms with van der Waals surface area (Å²) >= 11 is 0. The van der Waals surface area contributed by atoms with Crippen LogP contribution in [-0.4, -0.2) is 11.7 Å². The molecule has 0 radical (unpaired) electrons. The SMILES string of the molecule is NC(N)=NN=C1C=Cc2cccc3cccc1c23. The van der Waals surface area contributed by atoms with Crippen LogP contribution in [0.15, 0.2) is 52.7 Å². The molecule has 0 heterocycles. The van der Waals surface area contributed by atoms with E-state index in [1.807, 2.05) is 30.4 Å². The smallest absolute Gasteiger partial charge is 0.211 e. The number of allylic oxidation sites excluding steroid dienone is 1. The first kappa shape index (κ1) is 10.5. The molecule has 0 amide bonds. The van der Waals surface area contributed by atoms with Crippen LogP contribution in [0.1, 0.15) is 11.1 Å². The molecule has 0 aliphatic heterocycles. The van der Waals surface area contributed by atoms with Crippen molar-refractivity contribution in [2.24, 2.45) is 21.7 Å². The predicted octanol–water partition coefficient (Wildman–Crippen LogP) is 1.84. The lowest BCUT2D eigenvalue weighted by atomic mass is 9.92. The van der Waals surface area contributed by atoms with E-state index in [0.29, 0.717) is 0 Å². The first-order chi connectivity index (χ1) is 8.75. The van der Waals surface area contributed by atoms with Crippen LogP contribution in [0.5, 0.6) is 0 Å². The molecule has 0 fully saturated rings. The van der Waals surface area contributed by atoms with E-state index in [1.54, 1.807) is 0 Å². The Balaban J connectivity index is 2.28. The highest BCUT2D eigenvalue weighted by molar-refractivity contribution is 6.22. The Morgan fingerprint density at radius 1 is 0.944 bits per heavy atom. The fourth-order valence-corrected chi connectivity index (χ4v) is 2.18. The van der Waals surface area contributed by atoms with Crippen LogP contribution >= 0.6 is 0 Å². The third-order valence-corrected chi connectivity index (χ3v) is 2.91. The molecule has 1 aliphatic rings. The summed E-state index contributed by atoms with van der Waals surface area (Å²) in [5.74, 6) is -0.0399. The largest absolute Gasteiger partial charge is 0.369 e. The molecule has 2 aromatic carbocycles. The van der Waals surface area contributed by atoms with E-state index in [4.69, 9.17) is 11.5 Å². The Morgan fingerprint density at radius 2 is 1.72 bits per heavy atom. The van der Waals surface area contributed by atoms with Gasteiger partial charge in [0, 0.05) is 5.56 Å². The zero-order chi connectivity index (χ0) is 12.5. The maximum atomic E-state index is 5.30. The summed E-state index contributed by atoms with van der Waals surface area (Å²) in [6.45, 7) is 0. The molecule has 0 saturated heterocycles. The third kappa shape index (κ3) is 1.64. The van der Waals surface area contributed by atoms with Gasteiger partial charge in [-0.15, -0.1) is 10.2 Å². The molecule has 0 unspecified atom stereocenters. The fourth-order valence-electron chi connectivity index (χ4n) is 2.18. The van der Waals surface area contributed by atoms with Crippen molar-refractivity contribution in [1.29, 1.82) is 0 Å². The number of benzene rings is 2. The minimum absolute atomic E-state index is 0.0399. The molecule has 3 rings (SSSR count). The van der Waals surface area contributed by atoms with Crippen LogP contribution in [-0.2, 0) is 0 Å². The minimum atomic E-state index is -0.0399. The van der Waals surface area contributed by atoms with Crippen LogP contribution in [0.2, 0.25) is 0 Å². The van der Waals surface area contributed by atoms with Crippen molar-refractivity contribution in [3.63, 3.8) is 0 Å². The zero-order valence-corrected chi connectivity index (χ0v) is 9.67. The molecule has 4 N–H and O–H groups in total. The van der Waals surface area contributed by atoms with Crippen LogP contribution in [0.25, 0.3) is 16.8 Å². The van der Waals surface area contributed by atoms with E-state index in [2.05, 4.69) is 28.4 Å². The number of nitrogens with two attached hydrogens (primary N) is 2. The normalized spacial score (nSPS) is 15.0. The van der Waals surface area contributed by atoms with Crippen molar-refractivity contribution >= 4 is 28.5 Å². The number of guanidine groups is 1. The molecule has 88 valence electrons. The zero-order valence-electron chi connectivity index (χ0n) is 9.67. The molecular formula is C14H12N4. The molecule has 0 atom stereocenters. The van der Waals surface area contributed by atoms with Gasteiger partial charge in [-0.05, 0) is 22.4 Å². The van der Waals surface area contributed by atoms with Crippen LogP contribution < -0.4 is 11.5 Å².